The molecule has 0 N–H and O–H groups in total. The average Bonchev–Trinajstić information content (AvgIpc) is 2.65. The summed E-state index contributed by atoms with van der Waals surface area (Å²) < 4.78 is 5.90. The van der Waals surface area contributed by atoms with Crippen molar-refractivity contribution in [2.75, 3.05) is 14.1 Å². The fourth-order valence-corrected chi connectivity index (χ4v) is 3.76. The zero-order valence-corrected chi connectivity index (χ0v) is 17.8. The minimum absolute atomic E-state index is 0. The van der Waals surface area contributed by atoms with Gasteiger partial charge in [0.25, 0.3) is 0 Å². The molecule has 0 saturated heterocycles. The highest BCUT2D eigenvalue weighted by molar-refractivity contribution is 5.85. The molecule has 0 aliphatic heterocycles. The van der Waals surface area contributed by atoms with Gasteiger partial charge in [-0.3, -0.25) is 4.79 Å². The highest BCUT2D eigenvalue weighted by Gasteiger charge is 2.44. The number of hydrogen-bond donors (Lipinski definition) is 0. The smallest absolute Gasteiger partial charge is 0.302 e. The van der Waals surface area contributed by atoms with Gasteiger partial charge in [-0.25, -0.2) is 0 Å². The molecule has 0 spiro atoms. The first-order chi connectivity index (χ1) is 12.4. The Morgan fingerprint density at radius 2 is 1.44 bits per heavy atom. The molecule has 0 radical (unpaired) electrons. The van der Waals surface area contributed by atoms with Crippen molar-refractivity contribution in [3.63, 3.8) is 0 Å². The molecule has 0 saturated carbocycles. The number of carbonyl (C=O) groups excluding carboxylic acids is 1. The van der Waals surface area contributed by atoms with E-state index in [1.165, 1.54) is 18.1 Å². The van der Waals surface area contributed by atoms with Gasteiger partial charge in [-0.2, -0.15) is 0 Å². The Kier molecular flexibility index (Phi) is 9.01. The van der Waals surface area contributed by atoms with Crippen LogP contribution in [0.5, 0.6) is 0 Å². The molecule has 3 nitrogen and oxygen atoms in total. The van der Waals surface area contributed by atoms with Crippen LogP contribution < -0.4 is 0 Å². The third-order valence-corrected chi connectivity index (χ3v) is 5.31. The largest absolute Gasteiger partial charge is 0.461 e. The van der Waals surface area contributed by atoms with Crippen molar-refractivity contribution in [2.24, 2.45) is 0 Å². The normalized spacial score (nSPS) is 13.6. The molecule has 148 valence electrons. The van der Waals surface area contributed by atoms with E-state index in [1.54, 1.807) is 0 Å². The van der Waals surface area contributed by atoms with Crippen LogP contribution in [0.15, 0.2) is 60.7 Å². The van der Waals surface area contributed by atoms with Gasteiger partial charge in [-0.1, -0.05) is 67.6 Å². The summed E-state index contributed by atoms with van der Waals surface area (Å²) in [5, 5.41) is 0. The lowest BCUT2D eigenvalue weighted by molar-refractivity contribution is -0.150. The van der Waals surface area contributed by atoms with Crippen LogP contribution >= 0.6 is 12.4 Å². The molecule has 2 aromatic rings. The Morgan fingerprint density at radius 1 is 1.00 bits per heavy atom. The molecule has 0 amide bonds. The summed E-state index contributed by atoms with van der Waals surface area (Å²) in [5.74, 6) is -0.231. The second-order valence-electron chi connectivity index (χ2n) is 7.23. The van der Waals surface area contributed by atoms with Crippen LogP contribution in [0.1, 0.15) is 44.7 Å². The van der Waals surface area contributed by atoms with Crippen LogP contribution in [0.25, 0.3) is 0 Å². The summed E-state index contributed by atoms with van der Waals surface area (Å²) in [7, 11) is 4.19. The minimum Gasteiger partial charge on any atom is -0.461 e. The number of hydrogen-bond acceptors (Lipinski definition) is 3. The van der Waals surface area contributed by atoms with Crippen molar-refractivity contribution in [3.05, 3.63) is 71.8 Å². The van der Waals surface area contributed by atoms with Crippen LogP contribution in [0, 0.1) is 0 Å². The van der Waals surface area contributed by atoms with Gasteiger partial charge in [0.15, 0.2) is 0 Å². The van der Waals surface area contributed by atoms with E-state index in [4.69, 9.17) is 4.74 Å². The molecule has 0 bridgehead atoms. The minimum atomic E-state index is -0.396. The lowest BCUT2D eigenvalue weighted by Crippen LogP contribution is -2.47. The Hall–Kier alpha value is -1.84. The van der Waals surface area contributed by atoms with E-state index in [0.717, 1.165) is 12.8 Å². The van der Waals surface area contributed by atoms with Gasteiger partial charge in [0.05, 0.1) is 5.41 Å². The number of esters is 1. The van der Waals surface area contributed by atoms with Gasteiger partial charge < -0.3 is 9.64 Å². The Labute approximate surface area is 170 Å². The molecule has 0 unspecified atom stereocenters. The molecule has 2 atom stereocenters. The number of ether oxygens (including phenoxy) is 1. The van der Waals surface area contributed by atoms with Gasteiger partial charge in [0, 0.05) is 13.0 Å². The lowest BCUT2D eigenvalue weighted by Gasteiger charge is -2.43. The van der Waals surface area contributed by atoms with Crippen molar-refractivity contribution < 1.29 is 9.53 Å². The third-order valence-electron chi connectivity index (χ3n) is 5.31. The monoisotopic (exact) mass is 389 g/mol. The maximum atomic E-state index is 11.9. The first kappa shape index (κ1) is 23.2. The average molecular weight is 390 g/mol. The lowest BCUT2D eigenvalue weighted by atomic mass is 9.66. The topological polar surface area (TPSA) is 29.5 Å². The fourth-order valence-electron chi connectivity index (χ4n) is 3.76. The molecule has 0 aliphatic carbocycles. The van der Waals surface area contributed by atoms with Crippen molar-refractivity contribution in [1.82, 2.24) is 4.90 Å². The van der Waals surface area contributed by atoms with E-state index in [-0.39, 0.29) is 24.5 Å². The highest BCUT2D eigenvalue weighted by atomic mass is 35.5. The Balaban J connectivity index is 0.00000364. The Morgan fingerprint density at radius 3 is 1.78 bits per heavy atom. The van der Waals surface area contributed by atoms with Crippen LogP contribution in [-0.2, 0) is 14.9 Å². The molecule has 0 heterocycles. The van der Waals surface area contributed by atoms with Gasteiger partial charge in [0.1, 0.15) is 6.10 Å². The van der Waals surface area contributed by atoms with Gasteiger partial charge in [-0.05, 0) is 45.0 Å². The van der Waals surface area contributed by atoms with E-state index in [9.17, 15) is 4.79 Å². The summed E-state index contributed by atoms with van der Waals surface area (Å²) in [6.07, 6.45) is 1.38. The Bertz CT molecular complexity index is 649. The predicted molar refractivity (Wildman–Crippen MR) is 115 cm³/mol. The maximum absolute atomic E-state index is 11.9. The summed E-state index contributed by atoms with van der Waals surface area (Å²) in [4.78, 5) is 14.1. The number of nitrogens with zero attached hydrogens (tertiary/aromatic N) is 1. The van der Waals surface area contributed by atoms with E-state index in [0.29, 0.717) is 6.04 Å². The zero-order valence-electron chi connectivity index (χ0n) is 17.0. The number of rotatable bonds is 8. The van der Waals surface area contributed by atoms with E-state index in [2.05, 4.69) is 81.4 Å². The van der Waals surface area contributed by atoms with Crippen molar-refractivity contribution in [1.29, 1.82) is 0 Å². The van der Waals surface area contributed by atoms with Gasteiger partial charge in [-0.15, -0.1) is 12.4 Å². The quantitative estimate of drug-likeness (QED) is 0.590. The summed E-state index contributed by atoms with van der Waals surface area (Å²) in [6.45, 7) is 5.81. The first-order valence-corrected chi connectivity index (χ1v) is 9.36. The van der Waals surface area contributed by atoms with Crippen molar-refractivity contribution in [2.45, 2.75) is 51.2 Å². The molecule has 0 aliphatic rings. The molecular weight excluding hydrogens is 358 g/mol. The van der Waals surface area contributed by atoms with Gasteiger partial charge >= 0.3 is 5.97 Å². The van der Waals surface area contributed by atoms with Crippen LogP contribution in [0.4, 0.5) is 0 Å². The van der Waals surface area contributed by atoms with Crippen molar-refractivity contribution in [3.8, 4) is 0 Å². The SMILES string of the molecule is CC[C@@H](OC(C)=O)C(C[C@H](C)N(C)C)(c1ccccc1)c1ccccc1.Cl. The molecule has 0 fully saturated rings. The summed E-state index contributed by atoms with van der Waals surface area (Å²) in [5.41, 5.74) is 1.98. The van der Waals surface area contributed by atoms with Crippen LogP contribution in [0.3, 0.4) is 0 Å². The number of halogens is 1. The van der Waals surface area contributed by atoms with Crippen LogP contribution in [0.2, 0.25) is 0 Å². The summed E-state index contributed by atoms with van der Waals surface area (Å²) in [6, 6.07) is 21.2. The standard InChI is InChI=1S/C23H31NO2.ClH/c1-6-22(26-19(3)25)23(17-18(2)24(4)5,20-13-9-7-10-14-20)21-15-11-8-12-16-21;/h7-16,18,22H,6,17H2,1-5H3;1H/t18-,22+;/m0./s1. The predicted octanol–water partition coefficient (Wildman–Crippen LogP) is 5.08. The molecule has 27 heavy (non-hydrogen) atoms. The number of carbonyl (C=O) groups is 1. The van der Waals surface area contributed by atoms with E-state index in [1.807, 2.05) is 12.1 Å². The van der Waals surface area contributed by atoms with E-state index >= 15 is 0 Å². The molecule has 4 heteroatoms. The second-order valence-corrected chi connectivity index (χ2v) is 7.23. The third kappa shape index (κ3) is 5.33. The molecule has 2 aromatic carbocycles. The number of benzene rings is 2. The second kappa shape index (κ2) is 10.5. The van der Waals surface area contributed by atoms with Gasteiger partial charge in [0.2, 0.25) is 0 Å². The maximum Gasteiger partial charge on any atom is 0.302 e. The van der Waals surface area contributed by atoms with E-state index < -0.39 is 5.41 Å². The summed E-state index contributed by atoms with van der Waals surface area (Å²) >= 11 is 0. The van der Waals surface area contributed by atoms with Crippen molar-refractivity contribution >= 4 is 18.4 Å². The molecular formula is C23H32ClNO2. The molecule has 2 rings (SSSR count). The fraction of sp³-hybridized carbons (Fsp3) is 0.435. The first-order valence-electron chi connectivity index (χ1n) is 9.36. The highest BCUT2D eigenvalue weighted by Crippen LogP contribution is 2.43. The van der Waals surface area contributed by atoms with Crippen LogP contribution in [-0.4, -0.2) is 37.1 Å². The zero-order chi connectivity index (χ0) is 19.2. The molecule has 0 aromatic heterocycles.